The van der Waals surface area contributed by atoms with Crippen LogP contribution < -0.4 is 4.74 Å². The van der Waals surface area contributed by atoms with Gasteiger partial charge in [-0.25, -0.2) is 9.78 Å². The average Bonchev–Trinajstić information content (AvgIpc) is 3.13. The summed E-state index contributed by atoms with van der Waals surface area (Å²) in [6, 6.07) is 2.94. The predicted octanol–water partition coefficient (Wildman–Crippen LogP) is 3.59. The van der Waals surface area contributed by atoms with E-state index < -0.39 is 0 Å². The van der Waals surface area contributed by atoms with Gasteiger partial charge >= 0.3 is 6.09 Å². The molecule has 6 nitrogen and oxygen atoms in total. The number of aromatic nitrogens is 1. The molecular weight excluding hydrogens is 354 g/mol. The second kappa shape index (κ2) is 7.90. The van der Waals surface area contributed by atoms with Gasteiger partial charge < -0.3 is 19.3 Å². The highest BCUT2D eigenvalue weighted by atomic mass is 16.6. The number of aryl methyl sites for hydroxylation is 1. The Labute approximate surface area is 168 Å². The van der Waals surface area contributed by atoms with Gasteiger partial charge in [0.2, 0.25) is 5.88 Å². The van der Waals surface area contributed by atoms with Gasteiger partial charge in [0.05, 0.1) is 13.7 Å². The molecular formula is C22H33N3O3. The van der Waals surface area contributed by atoms with Crippen LogP contribution >= 0.6 is 0 Å². The average molecular weight is 388 g/mol. The molecule has 1 aromatic rings. The zero-order valence-electron chi connectivity index (χ0n) is 17.4. The number of rotatable bonds is 4. The lowest BCUT2D eigenvalue weighted by Gasteiger charge is -2.51. The molecule has 28 heavy (non-hydrogen) atoms. The fourth-order valence-corrected chi connectivity index (χ4v) is 5.46. The monoisotopic (exact) mass is 387 g/mol. The number of hydrogen-bond donors (Lipinski definition) is 0. The van der Waals surface area contributed by atoms with Gasteiger partial charge in [-0.05, 0) is 82.0 Å². The number of ether oxygens (including phenoxy) is 2. The first kappa shape index (κ1) is 19.5. The van der Waals surface area contributed by atoms with Crippen LogP contribution in [0.4, 0.5) is 4.79 Å². The van der Waals surface area contributed by atoms with Crippen LogP contribution in [0.5, 0.6) is 5.88 Å². The highest BCUT2D eigenvalue weighted by molar-refractivity contribution is 5.68. The zero-order chi connectivity index (χ0) is 19.7. The van der Waals surface area contributed by atoms with Crippen molar-refractivity contribution in [3.63, 3.8) is 0 Å². The minimum atomic E-state index is -0.132. The predicted molar refractivity (Wildman–Crippen MR) is 108 cm³/mol. The van der Waals surface area contributed by atoms with E-state index in [1.165, 1.54) is 31.2 Å². The Kier molecular flexibility index (Phi) is 5.50. The standard InChI is InChI=1S/C22H33N3O3/c1-4-28-21(26)25-10-7-22(15-25)12-19(13-22)24-8-5-17(6-9-24)18-11-16(2)20(27-3)23-14-18/h11,14,17,19H,4-10,12-13,15H2,1-3H3. The van der Waals surface area contributed by atoms with E-state index in [9.17, 15) is 4.79 Å². The van der Waals surface area contributed by atoms with Gasteiger partial charge in [0, 0.05) is 30.9 Å². The van der Waals surface area contributed by atoms with Crippen molar-refractivity contribution in [1.29, 1.82) is 0 Å². The van der Waals surface area contributed by atoms with Crippen molar-refractivity contribution >= 4 is 6.09 Å². The number of piperidine rings is 1. The zero-order valence-corrected chi connectivity index (χ0v) is 17.4. The molecule has 0 atom stereocenters. The SMILES string of the molecule is CCOC(=O)N1CCC2(CC(N3CCC(c4cnc(OC)c(C)c4)CC3)C2)C1. The van der Waals surface area contributed by atoms with Gasteiger partial charge in [-0.3, -0.25) is 0 Å². The van der Waals surface area contributed by atoms with Crippen molar-refractivity contribution in [2.75, 3.05) is 39.9 Å². The van der Waals surface area contributed by atoms with Crippen LogP contribution in [0.25, 0.3) is 0 Å². The van der Waals surface area contributed by atoms with E-state index >= 15 is 0 Å². The van der Waals surface area contributed by atoms with Crippen molar-refractivity contribution in [1.82, 2.24) is 14.8 Å². The molecule has 4 rings (SSSR count). The summed E-state index contributed by atoms with van der Waals surface area (Å²) < 4.78 is 10.5. The van der Waals surface area contributed by atoms with E-state index in [-0.39, 0.29) is 6.09 Å². The molecule has 1 saturated carbocycles. The second-order valence-corrected chi connectivity index (χ2v) is 8.84. The first-order valence-corrected chi connectivity index (χ1v) is 10.7. The maximum Gasteiger partial charge on any atom is 0.409 e. The van der Waals surface area contributed by atoms with E-state index in [1.54, 1.807) is 7.11 Å². The van der Waals surface area contributed by atoms with Crippen molar-refractivity contribution in [3.8, 4) is 5.88 Å². The highest BCUT2D eigenvalue weighted by Crippen LogP contribution is 2.51. The Morgan fingerprint density at radius 3 is 2.68 bits per heavy atom. The van der Waals surface area contributed by atoms with Gasteiger partial charge in [0.1, 0.15) is 0 Å². The topological polar surface area (TPSA) is 54.9 Å². The van der Waals surface area contributed by atoms with E-state index in [2.05, 4.69) is 22.9 Å². The third kappa shape index (κ3) is 3.71. The number of nitrogens with zero attached hydrogens (tertiary/aromatic N) is 3. The fraction of sp³-hybridized carbons (Fsp3) is 0.727. The van der Waals surface area contributed by atoms with Crippen LogP contribution in [0.2, 0.25) is 0 Å². The van der Waals surface area contributed by atoms with Gasteiger partial charge in [0.15, 0.2) is 0 Å². The second-order valence-electron chi connectivity index (χ2n) is 8.84. The number of likely N-dealkylation sites (tertiary alicyclic amines) is 2. The highest BCUT2D eigenvalue weighted by Gasteiger charge is 2.51. The van der Waals surface area contributed by atoms with Crippen LogP contribution in [0.15, 0.2) is 12.3 Å². The smallest absolute Gasteiger partial charge is 0.409 e. The quantitative estimate of drug-likeness (QED) is 0.790. The summed E-state index contributed by atoms with van der Waals surface area (Å²) >= 11 is 0. The largest absolute Gasteiger partial charge is 0.481 e. The number of methoxy groups -OCH3 is 1. The van der Waals surface area contributed by atoms with E-state index in [0.717, 1.165) is 44.0 Å². The van der Waals surface area contributed by atoms with E-state index in [1.807, 2.05) is 18.0 Å². The number of hydrogen-bond acceptors (Lipinski definition) is 5. The summed E-state index contributed by atoms with van der Waals surface area (Å²) in [4.78, 5) is 21.0. The first-order valence-electron chi connectivity index (χ1n) is 10.7. The molecule has 3 aliphatic rings. The van der Waals surface area contributed by atoms with Crippen LogP contribution in [0, 0.1) is 12.3 Å². The van der Waals surface area contributed by atoms with Crippen molar-refractivity contribution < 1.29 is 14.3 Å². The molecule has 0 aromatic carbocycles. The van der Waals surface area contributed by atoms with E-state index in [4.69, 9.17) is 9.47 Å². The van der Waals surface area contributed by atoms with Crippen LogP contribution in [-0.2, 0) is 4.74 Å². The van der Waals surface area contributed by atoms with Crippen LogP contribution in [0.3, 0.4) is 0 Å². The summed E-state index contributed by atoms with van der Waals surface area (Å²) in [6.07, 6.45) is 7.86. The maximum atomic E-state index is 12.0. The molecule has 154 valence electrons. The number of carbonyl (C=O) groups is 1. The molecule has 0 N–H and O–H groups in total. The Balaban J connectivity index is 1.26. The van der Waals surface area contributed by atoms with Crippen molar-refractivity contribution in [2.24, 2.45) is 5.41 Å². The minimum absolute atomic E-state index is 0.132. The summed E-state index contributed by atoms with van der Waals surface area (Å²) in [6.45, 7) is 8.47. The molecule has 6 heteroatoms. The van der Waals surface area contributed by atoms with Crippen LogP contribution in [-0.4, -0.2) is 66.8 Å². The van der Waals surface area contributed by atoms with Gasteiger partial charge in [-0.2, -0.15) is 0 Å². The lowest BCUT2D eigenvalue weighted by atomic mass is 9.64. The normalized spacial score (nSPS) is 28.4. The molecule has 1 amide bonds. The summed E-state index contributed by atoms with van der Waals surface area (Å²) in [7, 11) is 1.68. The Morgan fingerprint density at radius 1 is 1.29 bits per heavy atom. The third-order valence-electron chi connectivity index (χ3n) is 7.06. The number of pyridine rings is 1. The maximum absolute atomic E-state index is 12.0. The molecule has 3 fully saturated rings. The summed E-state index contributed by atoms with van der Waals surface area (Å²) in [5.41, 5.74) is 2.82. The number of amides is 1. The Hall–Kier alpha value is -1.82. The Bertz CT molecular complexity index is 709. The molecule has 1 aliphatic carbocycles. The van der Waals surface area contributed by atoms with Crippen LogP contribution in [0.1, 0.15) is 56.1 Å². The van der Waals surface area contributed by atoms with Gasteiger partial charge in [0.25, 0.3) is 0 Å². The van der Waals surface area contributed by atoms with E-state index in [0.29, 0.717) is 24.0 Å². The molecule has 1 spiro atoms. The molecule has 0 radical (unpaired) electrons. The van der Waals surface area contributed by atoms with Crippen molar-refractivity contribution in [2.45, 2.75) is 57.9 Å². The third-order valence-corrected chi connectivity index (χ3v) is 7.06. The summed E-state index contributed by atoms with van der Waals surface area (Å²) in [5.74, 6) is 1.34. The fourth-order valence-electron chi connectivity index (χ4n) is 5.46. The van der Waals surface area contributed by atoms with Gasteiger partial charge in [-0.1, -0.05) is 0 Å². The lowest BCUT2D eigenvalue weighted by molar-refractivity contribution is -0.00473. The molecule has 3 heterocycles. The van der Waals surface area contributed by atoms with Gasteiger partial charge in [-0.15, -0.1) is 0 Å². The number of carbonyl (C=O) groups excluding carboxylic acids is 1. The van der Waals surface area contributed by atoms with Crippen molar-refractivity contribution in [3.05, 3.63) is 23.4 Å². The molecule has 2 saturated heterocycles. The molecule has 2 aliphatic heterocycles. The molecule has 0 bridgehead atoms. The molecule has 0 unspecified atom stereocenters. The lowest BCUT2D eigenvalue weighted by Crippen LogP contribution is -2.54. The molecule has 1 aromatic heterocycles. The minimum Gasteiger partial charge on any atom is -0.481 e. The first-order chi connectivity index (χ1) is 13.5. The Morgan fingerprint density at radius 2 is 2.04 bits per heavy atom. The summed E-state index contributed by atoms with van der Waals surface area (Å²) in [5, 5.41) is 0.